The molecule has 7 heteroatoms. The first-order valence-electron chi connectivity index (χ1n) is 8.34. The highest BCUT2D eigenvalue weighted by Gasteiger charge is 2.14. The summed E-state index contributed by atoms with van der Waals surface area (Å²) in [5.41, 5.74) is 10.7. The van der Waals surface area contributed by atoms with E-state index in [0.29, 0.717) is 25.7 Å². The van der Waals surface area contributed by atoms with Gasteiger partial charge >= 0.3 is 0 Å². The van der Waals surface area contributed by atoms with Crippen molar-refractivity contribution in [3.63, 3.8) is 0 Å². The fourth-order valence-electron chi connectivity index (χ4n) is 2.93. The average Bonchev–Trinajstić information content (AvgIpc) is 2.88. The van der Waals surface area contributed by atoms with Crippen LogP contribution in [0.1, 0.15) is 22.5 Å². The lowest BCUT2D eigenvalue weighted by molar-refractivity contribution is 0.0674. The maximum absolute atomic E-state index is 6.12. The normalized spacial score (nSPS) is 15.1. The molecular weight excluding hydrogens is 429 g/mol. The van der Waals surface area contributed by atoms with Crippen molar-refractivity contribution in [3.8, 4) is 0 Å². The maximum Gasteiger partial charge on any atom is 0.191 e. The van der Waals surface area contributed by atoms with E-state index in [1.807, 2.05) is 17.7 Å². The molecule has 136 valence electrons. The lowest BCUT2D eigenvalue weighted by Gasteiger charge is -2.27. The number of rotatable bonds is 4. The monoisotopic (exact) mass is 455 g/mol. The van der Waals surface area contributed by atoms with Crippen LogP contribution in [-0.4, -0.2) is 46.9 Å². The number of benzene rings is 1. The molecule has 0 radical (unpaired) electrons. The molecule has 3 rings (SSSR count). The smallest absolute Gasteiger partial charge is 0.191 e. The van der Waals surface area contributed by atoms with Crippen molar-refractivity contribution in [1.82, 2.24) is 14.7 Å². The molecule has 0 atom stereocenters. The highest BCUT2D eigenvalue weighted by atomic mass is 127. The molecule has 0 unspecified atom stereocenters. The Morgan fingerprint density at radius 3 is 2.56 bits per heavy atom. The Morgan fingerprint density at radius 2 is 1.88 bits per heavy atom. The van der Waals surface area contributed by atoms with Gasteiger partial charge in [-0.15, -0.1) is 24.0 Å². The van der Waals surface area contributed by atoms with Crippen LogP contribution in [0.4, 0.5) is 0 Å². The summed E-state index contributed by atoms with van der Waals surface area (Å²) in [6, 6.07) is 10.4. The topological polar surface area (TPSA) is 68.7 Å². The minimum absolute atomic E-state index is 0. The van der Waals surface area contributed by atoms with Crippen LogP contribution in [0.25, 0.3) is 0 Å². The average molecular weight is 455 g/mol. The highest BCUT2D eigenvalue weighted by molar-refractivity contribution is 14.0. The highest BCUT2D eigenvalue weighted by Crippen LogP contribution is 2.16. The summed E-state index contributed by atoms with van der Waals surface area (Å²) in [7, 11) is 0. The van der Waals surface area contributed by atoms with Gasteiger partial charge < -0.3 is 15.4 Å². The molecule has 0 spiro atoms. The standard InChI is InChI=1S/C18H25N5O.HI/c1-14-17(12-20-18(19)22-8-10-24-11-9-22)15(2)23(21-14)13-16-6-4-3-5-7-16;/h3-7H,8-13H2,1-2H3,(H2,19,20);1H. The minimum Gasteiger partial charge on any atom is -0.378 e. The van der Waals surface area contributed by atoms with Gasteiger partial charge in [0.2, 0.25) is 0 Å². The number of ether oxygens (including phenoxy) is 1. The second-order valence-corrected chi connectivity index (χ2v) is 6.07. The third kappa shape index (κ3) is 4.94. The van der Waals surface area contributed by atoms with E-state index in [4.69, 9.17) is 10.5 Å². The molecule has 1 aliphatic heterocycles. The predicted octanol–water partition coefficient (Wildman–Crippen LogP) is 2.31. The number of morpholine rings is 1. The van der Waals surface area contributed by atoms with E-state index in [-0.39, 0.29) is 24.0 Å². The third-order valence-electron chi connectivity index (χ3n) is 4.44. The molecule has 2 heterocycles. The van der Waals surface area contributed by atoms with E-state index < -0.39 is 0 Å². The van der Waals surface area contributed by atoms with Crippen LogP contribution in [0.2, 0.25) is 0 Å². The van der Waals surface area contributed by atoms with Crippen LogP contribution in [0.5, 0.6) is 0 Å². The molecule has 1 aromatic heterocycles. The lowest BCUT2D eigenvalue weighted by atomic mass is 10.2. The molecule has 1 aromatic carbocycles. The Morgan fingerprint density at radius 1 is 1.20 bits per heavy atom. The molecule has 1 fully saturated rings. The first kappa shape index (κ1) is 19.7. The summed E-state index contributed by atoms with van der Waals surface area (Å²) in [5.74, 6) is 0.591. The Kier molecular flexibility index (Phi) is 7.24. The van der Waals surface area contributed by atoms with Gasteiger partial charge in [0.05, 0.1) is 32.0 Å². The second kappa shape index (κ2) is 9.19. The molecule has 1 aliphatic rings. The van der Waals surface area contributed by atoms with Gasteiger partial charge in [0.25, 0.3) is 0 Å². The summed E-state index contributed by atoms with van der Waals surface area (Å²) in [5, 5.41) is 4.67. The number of hydrogen-bond donors (Lipinski definition) is 1. The first-order chi connectivity index (χ1) is 11.6. The van der Waals surface area contributed by atoms with Crippen LogP contribution in [0.15, 0.2) is 35.3 Å². The maximum atomic E-state index is 6.12. The number of aromatic nitrogens is 2. The van der Waals surface area contributed by atoms with Crippen molar-refractivity contribution in [2.24, 2.45) is 10.7 Å². The van der Waals surface area contributed by atoms with Crippen molar-refractivity contribution in [2.45, 2.75) is 26.9 Å². The van der Waals surface area contributed by atoms with Gasteiger partial charge in [-0.3, -0.25) is 4.68 Å². The molecule has 25 heavy (non-hydrogen) atoms. The zero-order chi connectivity index (χ0) is 16.9. The Hall–Kier alpha value is -1.61. The number of nitrogens with two attached hydrogens (primary N) is 1. The molecular formula is C18H26IN5O. The van der Waals surface area contributed by atoms with Gasteiger partial charge in [0.1, 0.15) is 0 Å². The lowest BCUT2D eigenvalue weighted by Crippen LogP contribution is -2.44. The number of aryl methyl sites for hydroxylation is 1. The van der Waals surface area contributed by atoms with E-state index in [1.54, 1.807) is 0 Å². The van der Waals surface area contributed by atoms with Crippen molar-refractivity contribution in [1.29, 1.82) is 0 Å². The summed E-state index contributed by atoms with van der Waals surface area (Å²) < 4.78 is 7.39. The van der Waals surface area contributed by atoms with E-state index in [1.165, 1.54) is 5.56 Å². The van der Waals surface area contributed by atoms with Crippen LogP contribution in [-0.2, 0) is 17.8 Å². The van der Waals surface area contributed by atoms with Crippen LogP contribution < -0.4 is 5.73 Å². The molecule has 0 aliphatic carbocycles. The van der Waals surface area contributed by atoms with Gasteiger partial charge in [-0.1, -0.05) is 30.3 Å². The fourth-order valence-corrected chi connectivity index (χ4v) is 2.93. The summed E-state index contributed by atoms with van der Waals surface area (Å²) >= 11 is 0. The fraction of sp³-hybridized carbons (Fsp3) is 0.444. The van der Waals surface area contributed by atoms with E-state index >= 15 is 0 Å². The molecule has 2 N–H and O–H groups in total. The van der Waals surface area contributed by atoms with E-state index in [9.17, 15) is 0 Å². The third-order valence-corrected chi connectivity index (χ3v) is 4.44. The zero-order valence-electron chi connectivity index (χ0n) is 14.8. The Bertz CT molecular complexity index is 708. The zero-order valence-corrected chi connectivity index (χ0v) is 17.1. The van der Waals surface area contributed by atoms with E-state index in [2.05, 4.69) is 46.2 Å². The van der Waals surface area contributed by atoms with Crippen LogP contribution in [0.3, 0.4) is 0 Å². The van der Waals surface area contributed by atoms with Crippen LogP contribution in [0, 0.1) is 13.8 Å². The molecule has 1 saturated heterocycles. The van der Waals surface area contributed by atoms with Gasteiger partial charge in [0.15, 0.2) is 5.96 Å². The van der Waals surface area contributed by atoms with Gasteiger partial charge in [-0.05, 0) is 19.4 Å². The number of hydrogen-bond acceptors (Lipinski definition) is 3. The van der Waals surface area contributed by atoms with Gasteiger partial charge in [0, 0.05) is 24.3 Å². The molecule has 0 amide bonds. The quantitative estimate of drug-likeness (QED) is 0.437. The molecule has 0 saturated carbocycles. The molecule has 0 bridgehead atoms. The van der Waals surface area contributed by atoms with Crippen molar-refractivity contribution >= 4 is 29.9 Å². The summed E-state index contributed by atoms with van der Waals surface area (Å²) in [4.78, 5) is 6.64. The Balaban J connectivity index is 0.00000225. The minimum atomic E-state index is 0. The Labute approximate surface area is 166 Å². The molecule has 2 aromatic rings. The van der Waals surface area contributed by atoms with Gasteiger partial charge in [-0.2, -0.15) is 5.10 Å². The first-order valence-corrected chi connectivity index (χ1v) is 8.34. The number of aliphatic imine (C=N–C) groups is 1. The van der Waals surface area contributed by atoms with Crippen molar-refractivity contribution in [3.05, 3.63) is 52.8 Å². The summed E-state index contributed by atoms with van der Waals surface area (Å²) in [6.45, 7) is 8.50. The second-order valence-electron chi connectivity index (χ2n) is 6.07. The van der Waals surface area contributed by atoms with Crippen molar-refractivity contribution in [2.75, 3.05) is 26.3 Å². The predicted molar refractivity (Wildman–Crippen MR) is 110 cm³/mol. The SMILES string of the molecule is Cc1nn(Cc2ccccc2)c(C)c1CN=C(N)N1CCOCC1.I. The number of guanidine groups is 1. The number of halogens is 1. The van der Waals surface area contributed by atoms with E-state index in [0.717, 1.165) is 36.6 Å². The van der Waals surface area contributed by atoms with Crippen molar-refractivity contribution < 1.29 is 4.74 Å². The number of nitrogens with zero attached hydrogens (tertiary/aromatic N) is 4. The molecule has 6 nitrogen and oxygen atoms in total. The summed E-state index contributed by atoms with van der Waals surface area (Å²) in [6.07, 6.45) is 0. The van der Waals surface area contributed by atoms with Crippen LogP contribution >= 0.6 is 24.0 Å². The largest absolute Gasteiger partial charge is 0.378 e. The van der Waals surface area contributed by atoms with Gasteiger partial charge in [-0.25, -0.2) is 4.99 Å².